The quantitative estimate of drug-likeness (QED) is 0.742. The molecule has 0 unspecified atom stereocenters. The first-order valence-electron chi connectivity index (χ1n) is 4.58. The molecule has 0 aliphatic heterocycles. The Labute approximate surface area is 92.3 Å². The van der Waals surface area contributed by atoms with Crippen LogP contribution >= 0.6 is 0 Å². The van der Waals surface area contributed by atoms with Crippen molar-refractivity contribution in [3.8, 4) is 0 Å². The molecule has 0 bridgehead atoms. The summed E-state index contributed by atoms with van der Waals surface area (Å²) in [5.74, 6) is 0. The molecular weight excluding hydrogens is 247 g/mol. The number of hydrogen-bond donors (Lipinski definition) is 1. The molecule has 0 aliphatic rings. The van der Waals surface area contributed by atoms with Gasteiger partial charge in [-0.3, -0.25) is 0 Å². The second-order valence-corrected chi connectivity index (χ2v) is 4.98. The third-order valence-corrected chi connectivity index (χ3v) is 3.37. The molecule has 0 spiro atoms. The van der Waals surface area contributed by atoms with E-state index >= 15 is 0 Å². The average molecular weight is 261 g/mol. The van der Waals surface area contributed by atoms with E-state index in [0.717, 1.165) is 6.08 Å². The Bertz CT molecular complexity index is 324. The van der Waals surface area contributed by atoms with Crippen molar-refractivity contribution in [2.75, 3.05) is 0 Å². The molecule has 0 radical (unpaired) electrons. The van der Waals surface area contributed by atoms with Crippen LogP contribution in [0.1, 0.15) is 26.2 Å². The predicted octanol–water partition coefficient (Wildman–Crippen LogP) is 1.88. The predicted molar refractivity (Wildman–Crippen MR) is 52.7 cm³/mol. The Morgan fingerprint density at radius 1 is 1.44 bits per heavy atom. The molecule has 0 aliphatic carbocycles. The van der Waals surface area contributed by atoms with Crippen LogP contribution in [0.25, 0.3) is 0 Å². The van der Waals surface area contributed by atoms with E-state index in [4.69, 9.17) is 5.14 Å². The Kier molecular flexibility index (Phi) is 5.80. The average Bonchev–Trinajstić information content (AvgIpc) is 2.07. The van der Waals surface area contributed by atoms with Crippen LogP contribution in [0.5, 0.6) is 0 Å². The lowest BCUT2D eigenvalue weighted by atomic mass is 10.2. The van der Waals surface area contributed by atoms with Crippen LogP contribution in [0.15, 0.2) is 12.3 Å². The summed E-state index contributed by atoms with van der Waals surface area (Å²) in [5.41, 5.74) is 0. The fraction of sp³-hybridized carbons (Fsp3) is 0.750. The normalized spacial score (nSPS) is 15.3. The highest BCUT2D eigenvalue weighted by molar-refractivity contribution is 7.89. The number of sulfonamides is 1. The molecule has 0 fully saturated rings. The van der Waals surface area contributed by atoms with Gasteiger partial charge in [0.15, 0.2) is 0 Å². The van der Waals surface area contributed by atoms with E-state index in [9.17, 15) is 21.6 Å². The van der Waals surface area contributed by atoms with Crippen molar-refractivity contribution in [2.45, 2.75) is 37.8 Å². The van der Waals surface area contributed by atoms with Crippen LogP contribution in [0, 0.1) is 0 Å². The highest BCUT2D eigenvalue weighted by Gasteiger charge is 2.28. The SMILES string of the molecule is CC[C@H](CCC=COC(F)(F)F)S(N)(=O)=O. The first-order valence-corrected chi connectivity index (χ1v) is 6.19. The van der Waals surface area contributed by atoms with Gasteiger partial charge in [0.25, 0.3) is 0 Å². The molecule has 0 heterocycles. The highest BCUT2D eigenvalue weighted by atomic mass is 32.2. The van der Waals surface area contributed by atoms with Crippen molar-refractivity contribution in [3.63, 3.8) is 0 Å². The summed E-state index contributed by atoms with van der Waals surface area (Å²) in [5, 5.41) is 4.18. The largest absolute Gasteiger partial charge is 0.572 e. The van der Waals surface area contributed by atoms with Crippen LogP contribution in [-0.2, 0) is 14.8 Å². The van der Waals surface area contributed by atoms with Gasteiger partial charge in [0.2, 0.25) is 10.0 Å². The standard InChI is InChI=1S/C8H14F3NO3S/c1-2-7(16(12,13)14)5-3-4-6-15-8(9,10)11/h4,6-7H,2-3,5H2,1H3,(H2,12,13,14)/t7-/m1/s1. The number of primary sulfonamides is 1. The van der Waals surface area contributed by atoms with Gasteiger partial charge in [-0.25, -0.2) is 13.6 Å². The maximum Gasteiger partial charge on any atom is 0.572 e. The number of hydrogen-bond acceptors (Lipinski definition) is 3. The van der Waals surface area contributed by atoms with Crippen molar-refractivity contribution >= 4 is 10.0 Å². The zero-order valence-electron chi connectivity index (χ0n) is 8.70. The van der Waals surface area contributed by atoms with E-state index in [-0.39, 0.29) is 12.8 Å². The zero-order chi connectivity index (χ0) is 12.8. The summed E-state index contributed by atoms with van der Waals surface area (Å²) in [7, 11) is -3.63. The Hall–Kier alpha value is -0.760. The zero-order valence-corrected chi connectivity index (χ0v) is 9.51. The molecule has 2 N–H and O–H groups in total. The summed E-state index contributed by atoms with van der Waals surface area (Å²) in [6, 6.07) is 0. The monoisotopic (exact) mass is 261 g/mol. The molecule has 4 nitrogen and oxygen atoms in total. The summed E-state index contributed by atoms with van der Waals surface area (Å²) in [4.78, 5) is 0. The molecule has 96 valence electrons. The molecule has 0 aromatic carbocycles. The molecule has 0 saturated heterocycles. The summed E-state index contributed by atoms with van der Waals surface area (Å²) < 4.78 is 59.7. The Balaban J connectivity index is 3.98. The maximum atomic E-state index is 11.5. The van der Waals surface area contributed by atoms with E-state index in [1.54, 1.807) is 6.92 Å². The fourth-order valence-corrected chi connectivity index (χ4v) is 2.01. The number of ether oxygens (including phenoxy) is 1. The molecule has 0 rings (SSSR count). The van der Waals surface area contributed by atoms with Crippen LogP contribution in [0.4, 0.5) is 13.2 Å². The van der Waals surface area contributed by atoms with Crippen molar-refractivity contribution < 1.29 is 26.3 Å². The van der Waals surface area contributed by atoms with Crippen molar-refractivity contribution in [3.05, 3.63) is 12.3 Å². The van der Waals surface area contributed by atoms with E-state index in [0.29, 0.717) is 12.7 Å². The van der Waals surface area contributed by atoms with E-state index in [1.807, 2.05) is 0 Å². The number of halogens is 3. The van der Waals surface area contributed by atoms with Gasteiger partial charge in [-0.05, 0) is 25.3 Å². The molecule has 8 heteroatoms. The van der Waals surface area contributed by atoms with Gasteiger partial charge in [0, 0.05) is 0 Å². The highest BCUT2D eigenvalue weighted by Crippen LogP contribution is 2.17. The first-order chi connectivity index (χ1) is 7.17. The second-order valence-electron chi connectivity index (χ2n) is 3.13. The first kappa shape index (κ1) is 15.2. The van der Waals surface area contributed by atoms with Crippen molar-refractivity contribution in [1.82, 2.24) is 0 Å². The number of rotatable bonds is 6. The minimum Gasteiger partial charge on any atom is -0.414 e. The molecule has 0 aromatic heterocycles. The summed E-state index contributed by atoms with van der Waals surface area (Å²) in [6.45, 7) is 1.64. The van der Waals surface area contributed by atoms with Crippen molar-refractivity contribution in [1.29, 1.82) is 0 Å². The lowest BCUT2D eigenvalue weighted by molar-refractivity contribution is -0.298. The summed E-state index contributed by atoms with van der Waals surface area (Å²) in [6.07, 6.45) is -2.44. The van der Waals surface area contributed by atoms with Gasteiger partial charge < -0.3 is 4.74 Å². The van der Waals surface area contributed by atoms with Gasteiger partial charge in [-0.2, -0.15) is 0 Å². The molecule has 0 amide bonds. The second kappa shape index (κ2) is 6.09. The van der Waals surface area contributed by atoms with Gasteiger partial charge in [0.05, 0.1) is 11.5 Å². The lowest BCUT2D eigenvalue weighted by Crippen LogP contribution is -2.27. The van der Waals surface area contributed by atoms with E-state index in [1.165, 1.54) is 0 Å². The third-order valence-electron chi connectivity index (χ3n) is 1.87. The molecular formula is C8H14F3NO3S. The van der Waals surface area contributed by atoms with Crippen LogP contribution in [0.2, 0.25) is 0 Å². The maximum absolute atomic E-state index is 11.5. The van der Waals surface area contributed by atoms with Gasteiger partial charge >= 0.3 is 6.36 Å². The van der Waals surface area contributed by atoms with Crippen LogP contribution in [-0.4, -0.2) is 20.0 Å². The van der Waals surface area contributed by atoms with Gasteiger partial charge in [-0.15, -0.1) is 13.2 Å². The van der Waals surface area contributed by atoms with Gasteiger partial charge in [-0.1, -0.05) is 6.92 Å². The third kappa shape index (κ3) is 7.52. The number of allylic oxidation sites excluding steroid dienone is 1. The molecule has 16 heavy (non-hydrogen) atoms. The molecule has 1 atom stereocenters. The Morgan fingerprint density at radius 2 is 2.00 bits per heavy atom. The van der Waals surface area contributed by atoms with Crippen LogP contribution < -0.4 is 5.14 Å². The number of alkyl halides is 3. The fourth-order valence-electron chi connectivity index (χ4n) is 1.08. The van der Waals surface area contributed by atoms with E-state index < -0.39 is 21.6 Å². The Morgan fingerprint density at radius 3 is 2.38 bits per heavy atom. The van der Waals surface area contributed by atoms with Crippen molar-refractivity contribution in [2.24, 2.45) is 5.14 Å². The van der Waals surface area contributed by atoms with Gasteiger partial charge in [0.1, 0.15) is 0 Å². The number of nitrogens with two attached hydrogens (primary N) is 1. The summed E-state index contributed by atoms with van der Waals surface area (Å²) >= 11 is 0. The molecule has 0 saturated carbocycles. The smallest absolute Gasteiger partial charge is 0.414 e. The topological polar surface area (TPSA) is 69.4 Å². The molecule has 0 aromatic rings. The minimum absolute atomic E-state index is 0.158. The van der Waals surface area contributed by atoms with Crippen LogP contribution in [0.3, 0.4) is 0 Å². The minimum atomic E-state index is -4.71. The van der Waals surface area contributed by atoms with E-state index in [2.05, 4.69) is 4.74 Å². The lowest BCUT2D eigenvalue weighted by Gasteiger charge is -2.10.